The Morgan fingerprint density at radius 2 is 1.97 bits per heavy atom. The Balaban J connectivity index is 1.94. The number of aromatic nitrogens is 5. The van der Waals surface area contributed by atoms with Gasteiger partial charge in [-0.1, -0.05) is 48.0 Å². The van der Waals surface area contributed by atoms with Gasteiger partial charge in [0.25, 0.3) is 0 Å². The molecule has 0 saturated heterocycles. The first-order valence-corrected chi connectivity index (χ1v) is 10.7. The lowest BCUT2D eigenvalue weighted by Crippen LogP contribution is -2.10. The summed E-state index contributed by atoms with van der Waals surface area (Å²) >= 11 is 12.1. The quantitative estimate of drug-likeness (QED) is 0.395. The second kappa shape index (κ2) is 10.5. The number of hydrogen-bond donors (Lipinski definition) is 1. The number of tetrazole rings is 1. The molecule has 2 N–H and O–H groups in total. The van der Waals surface area contributed by atoms with E-state index >= 15 is 0 Å². The Labute approximate surface area is 192 Å². The number of allylic oxidation sites excluding steroid dienone is 4. The normalized spacial score (nSPS) is 13.3. The number of halogens is 2. The van der Waals surface area contributed by atoms with Crippen molar-refractivity contribution in [2.75, 3.05) is 25.7 Å². The number of benzene rings is 1. The van der Waals surface area contributed by atoms with E-state index in [0.717, 1.165) is 17.7 Å². The van der Waals surface area contributed by atoms with Crippen molar-refractivity contribution in [3.63, 3.8) is 0 Å². The lowest BCUT2D eigenvalue weighted by atomic mass is 10.0. The summed E-state index contributed by atoms with van der Waals surface area (Å²) in [5.74, 6) is 1.26. The molecule has 0 aliphatic heterocycles. The summed E-state index contributed by atoms with van der Waals surface area (Å²) in [4.78, 5) is 6.50. The van der Waals surface area contributed by atoms with Crippen LogP contribution in [0.5, 0.6) is 0 Å². The number of nitrogens with zero attached hydrogens (tertiary/aromatic N) is 6. The fourth-order valence-electron chi connectivity index (χ4n) is 3.08. The first-order chi connectivity index (χ1) is 14.9. The Morgan fingerprint density at radius 3 is 2.65 bits per heavy atom. The fourth-order valence-corrected chi connectivity index (χ4v) is 3.35. The van der Waals surface area contributed by atoms with Crippen LogP contribution in [-0.2, 0) is 6.54 Å². The molecule has 0 radical (unpaired) electrons. The number of nitrogen functional groups attached to an aromatic ring is 1. The molecule has 3 aromatic rings. The number of rotatable bonds is 8. The molecule has 9 heteroatoms. The van der Waals surface area contributed by atoms with Crippen LogP contribution >= 0.6 is 23.2 Å². The van der Waals surface area contributed by atoms with Gasteiger partial charge in [0.15, 0.2) is 5.82 Å². The Kier molecular flexibility index (Phi) is 7.79. The van der Waals surface area contributed by atoms with Gasteiger partial charge in [0.1, 0.15) is 5.82 Å². The average molecular weight is 458 g/mol. The Bertz CT molecular complexity index is 1070. The van der Waals surface area contributed by atoms with E-state index in [4.69, 9.17) is 28.9 Å². The van der Waals surface area contributed by atoms with Crippen LogP contribution in [0.4, 0.5) is 5.82 Å². The molecule has 0 spiro atoms. The molecule has 7 nitrogen and oxygen atoms in total. The zero-order valence-electron chi connectivity index (χ0n) is 17.7. The molecule has 0 amide bonds. The third-order valence-electron chi connectivity index (χ3n) is 4.68. The van der Waals surface area contributed by atoms with Gasteiger partial charge < -0.3 is 10.6 Å². The van der Waals surface area contributed by atoms with Gasteiger partial charge in [-0.25, -0.2) is 9.67 Å². The molecule has 1 atom stereocenters. The highest BCUT2D eigenvalue weighted by molar-refractivity contribution is 6.30. The molecule has 2 aromatic heterocycles. The van der Waals surface area contributed by atoms with E-state index in [-0.39, 0.29) is 6.04 Å². The van der Waals surface area contributed by atoms with Gasteiger partial charge in [-0.05, 0) is 54.7 Å². The number of anilines is 1. The van der Waals surface area contributed by atoms with Crippen molar-refractivity contribution in [2.24, 2.45) is 0 Å². The summed E-state index contributed by atoms with van der Waals surface area (Å²) in [6.45, 7) is 2.79. The maximum absolute atomic E-state index is 6.44. The zero-order chi connectivity index (χ0) is 22.4. The van der Waals surface area contributed by atoms with E-state index < -0.39 is 0 Å². The predicted octanol–water partition coefficient (Wildman–Crippen LogP) is 4.52. The van der Waals surface area contributed by atoms with Crippen LogP contribution in [0, 0.1) is 0 Å². The Morgan fingerprint density at radius 1 is 1.23 bits per heavy atom. The highest BCUT2D eigenvalue weighted by Crippen LogP contribution is 2.31. The third-order valence-corrected chi connectivity index (χ3v) is 5.30. The van der Waals surface area contributed by atoms with Gasteiger partial charge in [-0.3, -0.25) is 0 Å². The lowest BCUT2D eigenvalue weighted by molar-refractivity contribution is 0.402. The van der Waals surface area contributed by atoms with E-state index in [0.29, 0.717) is 28.1 Å². The highest BCUT2D eigenvalue weighted by atomic mass is 35.5. The van der Waals surface area contributed by atoms with Gasteiger partial charge in [0.05, 0.1) is 11.6 Å². The summed E-state index contributed by atoms with van der Waals surface area (Å²) in [7, 11) is 4.09. The minimum absolute atomic E-state index is 0.292. The second-order valence-electron chi connectivity index (χ2n) is 7.35. The topological polar surface area (TPSA) is 85.8 Å². The van der Waals surface area contributed by atoms with Gasteiger partial charge in [-0.15, -0.1) is 16.7 Å². The van der Waals surface area contributed by atoms with Gasteiger partial charge in [0, 0.05) is 29.2 Å². The largest absolute Gasteiger partial charge is 0.383 e. The van der Waals surface area contributed by atoms with Gasteiger partial charge in [-0.2, -0.15) is 0 Å². The van der Waals surface area contributed by atoms with Crippen LogP contribution < -0.4 is 5.73 Å². The molecule has 1 unspecified atom stereocenters. The van der Waals surface area contributed by atoms with Crippen molar-refractivity contribution >= 4 is 29.0 Å². The van der Waals surface area contributed by atoms with Crippen LogP contribution in [0.25, 0.3) is 22.5 Å². The Hall–Kier alpha value is -2.74. The van der Waals surface area contributed by atoms with Crippen molar-refractivity contribution in [2.45, 2.75) is 19.5 Å². The van der Waals surface area contributed by atoms with Crippen LogP contribution in [0.1, 0.15) is 18.5 Å². The van der Waals surface area contributed by atoms with Crippen LogP contribution in [0.2, 0.25) is 0 Å². The number of pyridine rings is 1. The molecule has 162 valence electrons. The summed E-state index contributed by atoms with van der Waals surface area (Å²) in [6.07, 6.45) is 7.12. The van der Waals surface area contributed by atoms with E-state index in [1.165, 1.54) is 5.56 Å². The van der Waals surface area contributed by atoms with E-state index in [1.807, 2.05) is 27.1 Å². The summed E-state index contributed by atoms with van der Waals surface area (Å²) in [5, 5.41) is 12.7. The summed E-state index contributed by atoms with van der Waals surface area (Å²) < 4.78 is 1.63. The van der Waals surface area contributed by atoms with E-state index in [1.54, 1.807) is 29.1 Å². The lowest BCUT2D eigenvalue weighted by Gasteiger charge is -2.14. The first-order valence-electron chi connectivity index (χ1n) is 9.76. The zero-order valence-corrected chi connectivity index (χ0v) is 19.2. The molecular weight excluding hydrogens is 433 g/mol. The molecular formula is C22H25Cl2N7. The van der Waals surface area contributed by atoms with Crippen molar-refractivity contribution in [1.82, 2.24) is 30.1 Å². The van der Waals surface area contributed by atoms with Crippen molar-refractivity contribution in [3.05, 3.63) is 65.4 Å². The van der Waals surface area contributed by atoms with Crippen LogP contribution in [0.15, 0.2) is 59.8 Å². The van der Waals surface area contributed by atoms with Gasteiger partial charge >= 0.3 is 0 Å². The molecule has 0 bridgehead atoms. The number of alkyl halides is 1. The second-order valence-corrected chi connectivity index (χ2v) is 8.09. The minimum atomic E-state index is -0.292. The molecule has 0 aliphatic rings. The standard InChI is InChI=1S/C22H25Cl2N7/c1-15(20(24)6-4-5-11-23)31-22(27-28-29-31)19-12-18(13-26-21(19)25)17-9-7-16(8-10-17)14-30(2)3/h4-10,12-13,15H,11,14H2,1-3H3,(H2,25,26)/b5-4-,20-6+. The summed E-state index contributed by atoms with van der Waals surface area (Å²) in [5.41, 5.74) is 10.0. The van der Waals surface area contributed by atoms with E-state index in [2.05, 4.69) is 49.7 Å². The molecule has 31 heavy (non-hydrogen) atoms. The maximum Gasteiger partial charge on any atom is 0.186 e. The van der Waals surface area contributed by atoms with Crippen LogP contribution in [0.3, 0.4) is 0 Å². The molecule has 1 aromatic carbocycles. The van der Waals surface area contributed by atoms with E-state index in [9.17, 15) is 0 Å². The highest BCUT2D eigenvalue weighted by Gasteiger charge is 2.20. The average Bonchev–Trinajstić information content (AvgIpc) is 3.23. The molecule has 0 saturated carbocycles. The van der Waals surface area contributed by atoms with Crippen LogP contribution in [-0.4, -0.2) is 50.1 Å². The van der Waals surface area contributed by atoms with Crippen molar-refractivity contribution in [3.8, 4) is 22.5 Å². The molecule has 0 aliphatic carbocycles. The SMILES string of the molecule is CC(/C(Cl)=C\C=C/CCl)n1nnnc1-c1cc(-c2ccc(CN(C)C)cc2)cnc1N. The maximum atomic E-state index is 6.44. The van der Waals surface area contributed by atoms with Crippen molar-refractivity contribution < 1.29 is 0 Å². The number of nitrogens with two attached hydrogens (primary N) is 1. The minimum Gasteiger partial charge on any atom is -0.383 e. The molecule has 3 rings (SSSR count). The van der Waals surface area contributed by atoms with Crippen molar-refractivity contribution in [1.29, 1.82) is 0 Å². The fraction of sp³-hybridized carbons (Fsp3) is 0.273. The summed E-state index contributed by atoms with van der Waals surface area (Å²) in [6, 6.07) is 10.0. The smallest absolute Gasteiger partial charge is 0.186 e. The number of hydrogen-bond acceptors (Lipinski definition) is 6. The monoisotopic (exact) mass is 457 g/mol. The first kappa shape index (κ1) is 22.9. The third kappa shape index (κ3) is 5.70. The molecule has 2 heterocycles. The van der Waals surface area contributed by atoms with Gasteiger partial charge in [0.2, 0.25) is 0 Å². The molecule has 0 fully saturated rings. The predicted molar refractivity (Wildman–Crippen MR) is 127 cm³/mol.